The summed E-state index contributed by atoms with van der Waals surface area (Å²) >= 11 is 7.34. The van der Waals surface area contributed by atoms with Crippen LogP contribution in [0.1, 0.15) is 42.7 Å². The summed E-state index contributed by atoms with van der Waals surface area (Å²) in [6.07, 6.45) is 5.02. The summed E-state index contributed by atoms with van der Waals surface area (Å²) in [6.45, 7) is 5.86. The molecular formula is C20H28ClN5OS. The summed E-state index contributed by atoms with van der Waals surface area (Å²) < 4.78 is 0.678. The third-order valence-electron chi connectivity index (χ3n) is 4.64. The molecule has 0 aromatic carbocycles. The van der Waals surface area contributed by atoms with Crippen molar-refractivity contribution in [3.63, 3.8) is 0 Å². The molecule has 3 rings (SSSR count). The van der Waals surface area contributed by atoms with E-state index in [1.165, 1.54) is 30.6 Å². The number of nitrogens with zero attached hydrogens (tertiary/aromatic N) is 3. The van der Waals surface area contributed by atoms with Crippen molar-refractivity contribution in [2.75, 3.05) is 31.1 Å². The van der Waals surface area contributed by atoms with Crippen molar-refractivity contribution < 1.29 is 5.11 Å². The van der Waals surface area contributed by atoms with Crippen LogP contribution in [-0.2, 0) is 6.54 Å². The fourth-order valence-corrected chi connectivity index (χ4v) is 4.22. The van der Waals surface area contributed by atoms with E-state index in [1.807, 2.05) is 25.3 Å². The minimum atomic E-state index is -0.618. The lowest BCUT2D eigenvalue weighted by Crippen LogP contribution is -2.39. The number of hydrogen-bond donors (Lipinski definition) is 3. The lowest BCUT2D eigenvalue weighted by atomic mass is 10.1. The molecule has 0 radical (unpaired) electrons. The second kappa shape index (κ2) is 10.6. The number of aliphatic hydroxyl groups excluding tert-OH is 1. The first-order chi connectivity index (χ1) is 13.7. The Bertz CT molecular complexity index is 775. The molecule has 2 aromatic rings. The van der Waals surface area contributed by atoms with Crippen molar-refractivity contribution in [1.29, 1.82) is 0 Å². The number of halogens is 1. The van der Waals surface area contributed by atoms with Crippen LogP contribution >= 0.6 is 22.9 Å². The highest BCUT2D eigenvalue weighted by Gasteiger charge is 2.13. The number of aliphatic hydroxyl groups is 1. The molecule has 3 N–H and O–H groups in total. The van der Waals surface area contributed by atoms with Crippen LogP contribution in [0.2, 0.25) is 4.34 Å². The predicted octanol–water partition coefficient (Wildman–Crippen LogP) is 3.58. The molecule has 28 heavy (non-hydrogen) atoms. The fraction of sp³-hybridized carbons (Fsp3) is 0.500. The minimum Gasteiger partial charge on any atom is -0.386 e. The van der Waals surface area contributed by atoms with Crippen molar-refractivity contribution >= 4 is 34.7 Å². The third-order valence-corrected chi connectivity index (χ3v) is 5.97. The molecule has 1 aliphatic rings. The maximum Gasteiger partial charge on any atom is 0.191 e. The minimum absolute atomic E-state index is 0.373. The van der Waals surface area contributed by atoms with Crippen molar-refractivity contribution in [1.82, 2.24) is 15.6 Å². The van der Waals surface area contributed by atoms with E-state index in [4.69, 9.17) is 11.6 Å². The Balaban J connectivity index is 1.59. The Morgan fingerprint density at radius 2 is 2.11 bits per heavy atom. The van der Waals surface area contributed by atoms with Gasteiger partial charge in [-0.2, -0.15) is 0 Å². The number of pyridine rings is 1. The molecule has 2 aromatic heterocycles. The van der Waals surface area contributed by atoms with Crippen molar-refractivity contribution in [3.05, 3.63) is 45.2 Å². The molecule has 1 unspecified atom stereocenters. The molecule has 0 bridgehead atoms. The SMILES string of the molecule is CCNC(=NCc1ccnc(N2CCCCC2)c1)NCC(O)c1ccc(Cl)s1. The van der Waals surface area contributed by atoms with Gasteiger partial charge in [-0.1, -0.05) is 11.6 Å². The van der Waals surface area contributed by atoms with Crippen LogP contribution in [0.5, 0.6) is 0 Å². The van der Waals surface area contributed by atoms with Crippen molar-refractivity contribution in [2.45, 2.75) is 38.8 Å². The highest BCUT2D eigenvalue weighted by Crippen LogP contribution is 2.26. The zero-order valence-electron chi connectivity index (χ0n) is 16.2. The predicted molar refractivity (Wildman–Crippen MR) is 117 cm³/mol. The van der Waals surface area contributed by atoms with Crippen LogP contribution in [-0.4, -0.2) is 42.2 Å². The summed E-state index contributed by atoms with van der Waals surface area (Å²) in [6, 6.07) is 7.78. The van der Waals surface area contributed by atoms with Crippen LogP contribution in [0.4, 0.5) is 5.82 Å². The van der Waals surface area contributed by atoms with E-state index < -0.39 is 6.10 Å². The lowest BCUT2D eigenvalue weighted by Gasteiger charge is -2.27. The van der Waals surface area contributed by atoms with E-state index in [0.717, 1.165) is 35.9 Å². The Hall–Kier alpha value is -1.83. The van der Waals surface area contributed by atoms with Gasteiger partial charge in [0, 0.05) is 37.3 Å². The molecule has 0 amide bonds. The number of nitrogens with one attached hydrogen (secondary N) is 2. The molecule has 0 spiro atoms. The van der Waals surface area contributed by atoms with Gasteiger partial charge in [0.25, 0.3) is 0 Å². The Labute approximate surface area is 175 Å². The van der Waals surface area contributed by atoms with Crippen LogP contribution in [0.25, 0.3) is 0 Å². The van der Waals surface area contributed by atoms with Gasteiger partial charge in [-0.25, -0.2) is 9.98 Å². The average molecular weight is 422 g/mol. The zero-order chi connectivity index (χ0) is 19.8. The van der Waals surface area contributed by atoms with E-state index in [1.54, 1.807) is 6.07 Å². The quantitative estimate of drug-likeness (QED) is 0.470. The first kappa shape index (κ1) is 20.9. The molecule has 8 heteroatoms. The highest BCUT2D eigenvalue weighted by atomic mass is 35.5. The Morgan fingerprint density at radius 1 is 1.29 bits per heavy atom. The molecule has 6 nitrogen and oxygen atoms in total. The van der Waals surface area contributed by atoms with E-state index >= 15 is 0 Å². The number of piperidine rings is 1. The van der Waals surface area contributed by atoms with Crippen LogP contribution in [0.3, 0.4) is 0 Å². The van der Waals surface area contributed by atoms with Gasteiger partial charge in [0.1, 0.15) is 11.9 Å². The summed E-state index contributed by atoms with van der Waals surface area (Å²) in [5.74, 6) is 1.72. The molecule has 1 aliphatic heterocycles. The molecule has 1 fully saturated rings. The molecule has 1 atom stereocenters. The van der Waals surface area contributed by atoms with Crippen LogP contribution in [0.15, 0.2) is 35.5 Å². The van der Waals surface area contributed by atoms with Crippen LogP contribution < -0.4 is 15.5 Å². The first-order valence-electron chi connectivity index (χ1n) is 9.81. The van der Waals surface area contributed by atoms with Gasteiger partial charge < -0.3 is 20.6 Å². The average Bonchev–Trinajstić information content (AvgIpc) is 3.17. The fourth-order valence-electron chi connectivity index (χ4n) is 3.17. The monoisotopic (exact) mass is 421 g/mol. The summed E-state index contributed by atoms with van der Waals surface area (Å²) in [7, 11) is 0. The number of rotatable bonds is 7. The third kappa shape index (κ3) is 6.09. The van der Waals surface area contributed by atoms with E-state index in [2.05, 4.69) is 31.6 Å². The Morgan fingerprint density at radius 3 is 2.82 bits per heavy atom. The molecule has 0 saturated carbocycles. The number of aliphatic imine (C=N–C) groups is 1. The van der Waals surface area contributed by atoms with Gasteiger partial charge in [-0.15, -0.1) is 11.3 Å². The van der Waals surface area contributed by atoms with E-state index in [9.17, 15) is 5.11 Å². The second-order valence-corrected chi connectivity index (χ2v) is 8.55. The van der Waals surface area contributed by atoms with Crippen LogP contribution in [0, 0.1) is 0 Å². The number of anilines is 1. The van der Waals surface area contributed by atoms with E-state index in [-0.39, 0.29) is 0 Å². The summed E-state index contributed by atoms with van der Waals surface area (Å²) in [5, 5.41) is 16.7. The number of aromatic nitrogens is 1. The number of hydrogen-bond acceptors (Lipinski definition) is 5. The molecular weight excluding hydrogens is 394 g/mol. The van der Waals surface area contributed by atoms with Gasteiger partial charge in [0.05, 0.1) is 10.9 Å². The molecule has 152 valence electrons. The summed E-state index contributed by atoms with van der Waals surface area (Å²) in [5.41, 5.74) is 1.12. The molecule has 1 saturated heterocycles. The summed E-state index contributed by atoms with van der Waals surface area (Å²) in [4.78, 5) is 12.4. The van der Waals surface area contributed by atoms with Crippen molar-refractivity contribution in [3.8, 4) is 0 Å². The number of thiophene rings is 1. The smallest absolute Gasteiger partial charge is 0.191 e. The first-order valence-corrected chi connectivity index (χ1v) is 11.0. The highest BCUT2D eigenvalue weighted by molar-refractivity contribution is 7.16. The largest absolute Gasteiger partial charge is 0.386 e. The normalized spacial score (nSPS) is 16.1. The Kier molecular flexibility index (Phi) is 7.94. The maximum absolute atomic E-state index is 10.3. The second-order valence-electron chi connectivity index (χ2n) is 6.80. The molecule has 0 aliphatic carbocycles. The van der Waals surface area contributed by atoms with Gasteiger partial charge in [-0.3, -0.25) is 0 Å². The topological polar surface area (TPSA) is 72.8 Å². The van der Waals surface area contributed by atoms with Gasteiger partial charge >= 0.3 is 0 Å². The van der Waals surface area contributed by atoms with E-state index in [0.29, 0.717) is 23.4 Å². The maximum atomic E-state index is 10.3. The van der Waals surface area contributed by atoms with Gasteiger partial charge in [-0.05, 0) is 56.0 Å². The molecule has 3 heterocycles. The lowest BCUT2D eigenvalue weighted by molar-refractivity contribution is 0.184. The van der Waals surface area contributed by atoms with Crippen molar-refractivity contribution in [2.24, 2.45) is 4.99 Å². The van der Waals surface area contributed by atoms with Gasteiger partial charge in [0.15, 0.2) is 5.96 Å². The standard InChI is InChI=1S/C20H28ClN5OS/c1-2-22-20(25-14-16(27)17-6-7-18(21)28-17)24-13-15-8-9-23-19(12-15)26-10-4-3-5-11-26/h6-9,12,16,27H,2-5,10-11,13-14H2,1H3,(H2,22,24,25). The number of guanidine groups is 1. The van der Waals surface area contributed by atoms with Gasteiger partial charge in [0.2, 0.25) is 0 Å². The zero-order valence-corrected chi connectivity index (χ0v) is 17.8.